The molecular formula is C18H24N6O4S. The number of rotatable bonds is 4. The summed E-state index contributed by atoms with van der Waals surface area (Å²) in [6.07, 6.45) is 3.53. The number of sulfonamides is 1. The standard InChI is InChI=1S/C18H24N6O4S/c1-23(2)18(25)28-13-5-4-11(8-13)14-9-15(22-21-14)20-17-16-12(6-7-19-17)10-24(3)29(16,26)27/h6-7,9,11,13H,4-5,8,10H2,1-3H3,(H2,19,20,21,22)/t11-,13+/m0/s1. The van der Waals surface area contributed by atoms with E-state index in [4.69, 9.17) is 4.74 Å². The summed E-state index contributed by atoms with van der Waals surface area (Å²) < 4.78 is 31.9. The molecule has 2 aromatic heterocycles. The van der Waals surface area contributed by atoms with Gasteiger partial charge in [-0.3, -0.25) is 5.10 Å². The zero-order valence-corrected chi connectivity index (χ0v) is 17.4. The number of hydrogen-bond donors (Lipinski definition) is 2. The summed E-state index contributed by atoms with van der Waals surface area (Å²) in [7, 11) is 1.32. The molecule has 156 valence electrons. The normalized spacial score (nSPS) is 23.0. The van der Waals surface area contributed by atoms with Crippen LogP contribution in [0, 0.1) is 0 Å². The molecule has 2 aromatic rings. The Labute approximate surface area is 169 Å². The van der Waals surface area contributed by atoms with Gasteiger partial charge in [-0.2, -0.15) is 9.40 Å². The minimum atomic E-state index is -3.55. The number of aromatic nitrogens is 3. The van der Waals surface area contributed by atoms with Crippen molar-refractivity contribution in [3.8, 4) is 0 Å². The summed E-state index contributed by atoms with van der Waals surface area (Å²) in [6.45, 7) is 0.329. The van der Waals surface area contributed by atoms with Crippen molar-refractivity contribution in [1.29, 1.82) is 0 Å². The van der Waals surface area contributed by atoms with Crippen LogP contribution in [0.3, 0.4) is 0 Å². The van der Waals surface area contributed by atoms with Crippen molar-refractivity contribution < 1.29 is 17.9 Å². The van der Waals surface area contributed by atoms with Gasteiger partial charge in [0, 0.05) is 51.6 Å². The van der Waals surface area contributed by atoms with Crippen LogP contribution in [0.1, 0.15) is 36.4 Å². The number of pyridine rings is 1. The van der Waals surface area contributed by atoms with E-state index in [1.807, 2.05) is 6.07 Å². The smallest absolute Gasteiger partial charge is 0.409 e. The average Bonchev–Trinajstić information content (AvgIpc) is 3.35. The van der Waals surface area contributed by atoms with Gasteiger partial charge < -0.3 is 15.0 Å². The number of hydrogen-bond acceptors (Lipinski definition) is 7. The minimum Gasteiger partial charge on any atom is -0.446 e. The number of fused-ring (bicyclic) bond motifs is 1. The van der Waals surface area contributed by atoms with Gasteiger partial charge in [0.2, 0.25) is 10.0 Å². The molecular weight excluding hydrogens is 396 g/mol. The summed E-state index contributed by atoms with van der Waals surface area (Å²) >= 11 is 0. The maximum atomic E-state index is 12.6. The van der Waals surface area contributed by atoms with Gasteiger partial charge in [-0.25, -0.2) is 18.2 Å². The molecule has 1 amide bonds. The van der Waals surface area contributed by atoms with Crippen molar-refractivity contribution >= 4 is 27.8 Å². The van der Waals surface area contributed by atoms with Crippen molar-refractivity contribution in [3.63, 3.8) is 0 Å². The Morgan fingerprint density at radius 1 is 1.38 bits per heavy atom. The third-order valence-corrected chi connectivity index (χ3v) is 7.27. The molecule has 1 fully saturated rings. The zero-order chi connectivity index (χ0) is 20.8. The van der Waals surface area contributed by atoms with E-state index in [9.17, 15) is 13.2 Å². The number of carbonyl (C=O) groups excluding carboxylic acids is 1. The van der Waals surface area contributed by atoms with E-state index >= 15 is 0 Å². The molecule has 4 rings (SSSR count). The molecule has 0 radical (unpaired) electrons. The van der Waals surface area contributed by atoms with Crippen LogP contribution >= 0.6 is 0 Å². The highest BCUT2D eigenvalue weighted by Gasteiger charge is 2.35. The molecule has 1 aliphatic carbocycles. The largest absolute Gasteiger partial charge is 0.446 e. The first-order chi connectivity index (χ1) is 13.8. The summed E-state index contributed by atoms with van der Waals surface area (Å²) in [5.74, 6) is 0.968. The third kappa shape index (κ3) is 3.67. The van der Waals surface area contributed by atoms with Crippen molar-refractivity contribution in [2.75, 3.05) is 26.5 Å². The molecule has 0 spiro atoms. The summed E-state index contributed by atoms with van der Waals surface area (Å²) in [6, 6.07) is 3.57. The van der Waals surface area contributed by atoms with Crippen molar-refractivity contribution in [1.82, 2.24) is 24.4 Å². The second-order valence-electron chi connectivity index (χ2n) is 7.65. The SMILES string of the molecule is CN(C)C(=O)O[C@@H]1CC[C@H](c2cc(Nc3nccc4c3S(=O)(=O)N(C)C4)n[nH]2)C1. The molecule has 2 N–H and O–H groups in total. The van der Waals surface area contributed by atoms with Gasteiger partial charge >= 0.3 is 6.09 Å². The Morgan fingerprint density at radius 2 is 2.17 bits per heavy atom. The molecule has 29 heavy (non-hydrogen) atoms. The van der Waals surface area contributed by atoms with Gasteiger partial charge in [0.15, 0.2) is 11.6 Å². The van der Waals surface area contributed by atoms with E-state index in [2.05, 4.69) is 20.5 Å². The number of H-pyrrole nitrogens is 1. The van der Waals surface area contributed by atoms with Crippen LogP contribution < -0.4 is 5.32 Å². The van der Waals surface area contributed by atoms with E-state index in [-0.39, 0.29) is 28.8 Å². The van der Waals surface area contributed by atoms with Crippen molar-refractivity contribution in [3.05, 3.63) is 29.6 Å². The second-order valence-corrected chi connectivity index (χ2v) is 9.63. The van der Waals surface area contributed by atoms with E-state index in [0.717, 1.165) is 25.0 Å². The molecule has 3 heterocycles. The maximum Gasteiger partial charge on any atom is 0.409 e. The fourth-order valence-electron chi connectivity index (χ4n) is 3.78. The highest BCUT2D eigenvalue weighted by molar-refractivity contribution is 7.89. The molecule has 0 saturated heterocycles. The first-order valence-electron chi connectivity index (χ1n) is 9.40. The van der Waals surface area contributed by atoms with Crippen LogP contribution in [0.25, 0.3) is 0 Å². The fraction of sp³-hybridized carbons (Fsp3) is 0.500. The number of amides is 1. The van der Waals surface area contributed by atoms with Crippen molar-refractivity contribution in [2.45, 2.75) is 42.7 Å². The molecule has 2 atom stereocenters. The lowest BCUT2D eigenvalue weighted by atomic mass is 10.0. The number of ether oxygens (including phenoxy) is 1. The third-order valence-electron chi connectivity index (χ3n) is 5.35. The van der Waals surface area contributed by atoms with Gasteiger partial charge in [-0.05, 0) is 30.9 Å². The predicted octanol–water partition coefficient (Wildman–Crippen LogP) is 2.02. The topological polar surface area (TPSA) is 121 Å². The van der Waals surface area contributed by atoms with Crippen LogP contribution in [-0.2, 0) is 21.3 Å². The number of anilines is 2. The number of carbonyl (C=O) groups is 1. The number of nitrogens with zero attached hydrogens (tertiary/aromatic N) is 4. The summed E-state index contributed by atoms with van der Waals surface area (Å²) in [5, 5.41) is 10.3. The Morgan fingerprint density at radius 3 is 2.93 bits per heavy atom. The predicted molar refractivity (Wildman–Crippen MR) is 105 cm³/mol. The maximum absolute atomic E-state index is 12.6. The van der Waals surface area contributed by atoms with Gasteiger partial charge in [-0.15, -0.1) is 0 Å². The van der Waals surface area contributed by atoms with Gasteiger partial charge in [-0.1, -0.05) is 0 Å². The fourth-order valence-corrected chi connectivity index (χ4v) is 5.21. The lowest BCUT2D eigenvalue weighted by molar-refractivity contribution is 0.0770. The highest BCUT2D eigenvalue weighted by Crippen LogP contribution is 2.37. The molecule has 0 unspecified atom stereocenters. The number of nitrogens with one attached hydrogen (secondary N) is 2. The summed E-state index contributed by atoms with van der Waals surface area (Å²) in [4.78, 5) is 17.6. The lowest BCUT2D eigenvalue weighted by Gasteiger charge is -2.16. The van der Waals surface area contributed by atoms with Crippen LogP contribution in [0.15, 0.2) is 23.2 Å². The monoisotopic (exact) mass is 420 g/mol. The Kier molecular flexibility index (Phi) is 4.95. The first-order valence-corrected chi connectivity index (χ1v) is 10.8. The first kappa shape index (κ1) is 19.6. The van der Waals surface area contributed by atoms with Gasteiger partial charge in [0.1, 0.15) is 11.0 Å². The number of aromatic amines is 1. The molecule has 11 heteroatoms. The molecule has 0 bridgehead atoms. The Hall–Kier alpha value is -2.66. The van der Waals surface area contributed by atoms with Gasteiger partial charge in [0.25, 0.3) is 0 Å². The lowest BCUT2D eigenvalue weighted by Crippen LogP contribution is -2.26. The van der Waals surface area contributed by atoms with Crippen molar-refractivity contribution in [2.24, 2.45) is 0 Å². The molecule has 0 aromatic carbocycles. The zero-order valence-electron chi connectivity index (χ0n) is 16.5. The molecule has 10 nitrogen and oxygen atoms in total. The van der Waals surface area contributed by atoms with Gasteiger partial charge in [0.05, 0.1) is 0 Å². The van der Waals surface area contributed by atoms with Crippen LogP contribution in [-0.4, -0.2) is 66.1 Å². The molecule has 1 aliphatic heterocycles. The molecule has 1 saturated carbocycles. The van der Waals surface area contributed by atoms with E-state index in [1.54, 1.807) is 33.4 Å². The quantitative estimate of drug-likeness (QED) is 0.776. The van der Waals surface area contributed by atoms with Crippen LogP contribution in [0.5, 0.6) is 0 Å². The van der Waals surface area contributed by atoms with E-state index in [1.165, 1.54) is 9.21 Å². The summed E-state index contributed by atoms with van der Waals surface area (Å²) in [5.41, 5.74) is 1.63. The molecule has 2 aliphatic rings. The Bertz CT molecular complexity index is 1030. The van der Waals surface area contributed by atoms with E-state index < -0.39 is 10.0 Å². The minimum absolute atomic E-state index is 0.116. The van der Waals surface area contributed by atoms with E-state index in [0.29, 0.717) is 17.9 Å². The average molecular weight is 420 g/mol. The van der Waals surface area contributed by atoms with Crippen LogP contribution in [0.4, 0.5) is 16.4 Å². The Balaban J connectivity index is 1.47. The highest BCUT2D eigenvalue weighted by atomic mass is 32.2. The van der Waals surface area contributed by atoms with Crippen LogP contribution in [0.2, 0.25) is 0 Å². The second kappa shape index (κ2) is 7.30.